The number of hydrazone groups is 1. The van der Waals surface area contributed by atoms with Gasteiger partial charge in [0.25, 0.3) is 15.9 Å². The number of hydrogen-bond acceptors (Lipinski definition) is 4. The number of carbonyl (C=O) groups is 1. The Morgan fingerprint density at radius 1 is 0.923 bits per heavy atom. The van der Waals surface area contributed by atoms with Gasteiger partial charge in [0.15, 0.2) is 0 Å². The van der Waals surface area contributed by atoms with Crippen molar-refractivity contribution in [2.24, 2.45) is 5.10 Å². The summed E-state index contributed by atoms with van der Waals surface area (Å²) in [7, 11) is -4.14. The molecule has 0 aliphatic carbocycles. The average molecular weight is 624 g/mol. The fourth-order valence-corrected chi connectivity index (χ4v) is 6.51. The predicted octanol–water partition coefficient (Wildman–Crippen LogP) is 7.05. The number of aryl methyl sites for hydroxylation is 1. The molecule has 0 fully saturated rings. The molecule has 0 saturated carbocycles. The zero-order valence-electron chi connectivity index (χ0n) is 20.7. The summed E-state index contributed by atoms with van der Waals surface area (Å²) < 4.78 is 29.8. The van der Waals surface area contributed by atoms with Crippen LogP contribution in [0.4, 0.5) is 5.69 Å². The lowest BCUT2D eigenvalue weighted by atomic mass is 10.2. The lowest BCUT2D eigenvalue weighted by Gasteiger charge is -2.24. The largest absolute Gasteiger partial charge is 0.316 e. The van der Waals surface area contributed by atoms with E-state index in [1.807, 2.05) is 30.5 Å². The SMILES string of the molecule is Cc1cc(/C=N/NC(=O)CN(c2ccc(Cl)cc2Cl)S(=O)(=O)c2ccccc2)c(C)n1-c1ccc(Cl)cc1Cl. The van der Waals surface area contributed by atoms with Crippen LogP contribution >= 0.6 is 46.4 Å². The van der Waals surface area contributed by atoms with Crippen LogP contribution in [-0.4, -0.2) is 31.7 Å². The second-order valence-electron chi connectivity index (χ2n) is 8.47. The van der Waals surface area contributed by atoms with Gasteiger partial charge in [-0.1, -0.05) is 64.6 Å². The van der Waals surface area contributed by atoms with Crippen molar-refractivity contribution >= 4 is 74.2 Å². The quantitative estimate of drug-likeness (QED) is 0.169. The van der Waals surface area contributed by atoms with Gasteiger partial charge in [0.2, 0.25) is 0 Å². The molecule has 12 heteroatoms. The molecule has 0 bridgehead atoms. The van der Waals surface area contributed by atoms with Crippen molar-refractivity contribution in [2.75, 3.05) is 10.8 Å². The number of rotatable bonds is 8. The summed E-state index contributed by atoms with van der Waals surface area (Å²) in [4.78, 5) is 12.9. The normalized spacial score (nSPS) is 11.6. The summed E-state index contributed by atoms with van der Waals surface area (Å²) in [5.74, 6) is -0.675. The van der Waals surface area contributed by atoms with Crippen LogP contribution in [0.15, 0.2) is 82.8 Å². The first-order valence-corrected chi connectivity index (χ1v) is 14.4. The molecule has 1 amide bonds. The molecule has 1 heterocycles. The van der Waals surface area contributed by atoms with E-state index in [2.05, 4.69) is 10.5 Å². The van der Waals surface area contributed by atoms with E-state index in [0.29, 0.717) is 15.1 Å². The summed E-state index contributed by atoms with van der Waals surface area (Å²) in [5, 5.41) is 5.47. The van der Waals surface area contributed by atoms with Gasteiger partial charge in [0.1, 0.15) is 6.54 Å². The molecule has 0 unspecified atom stereocenters. The number of anilines is 1. The van der Waals surface area contributed by atoms with Crippen molar-refractivity contribution in [3.63, 3.8) is 0 Å². The van der Waals surface area contributed by atoms with Gasteiger partial charge in [-0.2, -0.15) is 5.10 Å². The average Bonchev–Trinajstić information content (AvgIpc) is 3.16. The number of benzene rings is 3. The van der Waals surface area contributed by atoms with Crippen LogP contribution in [0.3, 0.4) is 0 Å². The van der Waals surface area contributed by atoms with Gasteiger partial charge >= 0.3 is 0 Å². The molecular formula is C27H22Cl4N4O3S. The Labute approximate surface area is 246 Å². The highest BCUT2D eigenvalue weighted by atomic mass is 35.5. The maximum atomic E-state index is 13.5. The van der Waals surface area contributed by atoms with Gasteiger partial charge in [-0.3, -0.25) is 9.10 Å². The third kappa shape index (κ3) is 6.42. The maximum Gasteiger partial charge on any atom is 0.264 e. The Morgan fingerprint density at radius 2 is 1.56 bits per heavy atom. The molecule has 0 atom stereocenters. The van der Waals surface area contributed by atoms with Crippen LogP contribution in [-0.2, 0) is 14.8 Å². The number of amides is 1. The molecule has 4 aromatic rings. The molecule has 1 N–H and O–H groups in total. The van der Waals surface area contributed by atoms with Gasteiger partial charge in [-0.15, -0.1) is 0 Å². The number of sulfonamides is 1. The molecular weight excluding hydrogens is 602 g/mol. The zero-order chi connectivity index (χ0) is 28.3. The minimum Gasteiger partial charge on any atom is -0.316 e. The Balaban J connectivity index is 1.58. The van der Waals surface area contributed by atoms with E-state index in [4.69, 9.17) is 46.4 Å². The van der Waals surface area contributed by atoms with Crippen molar-refractivity contribution in [3.05, 3.63) is 110 Å². The van der Waals surface area contributed by atoms with Crippen molar-refractivity contribution in [3.8, 4) is 5.69 Å². The molecule has 39 heavy (non-hydrogen) atoms. The van der Waals surface area contributed by atoms with Crippen LogP contribution in [0.5, 0.6) is 0 Å². The highest BCUT2D eigenvalue weighted by Crippen LogP contribution is 2.33. The molecule has 0 aliphatic rings. The number of aromatic nitrogens is 1. The first kappa shape index (κ1) is 29.0. The van der Waals surface area contributed by atoms with Gasteiger partial charge < -0.3 is 4.57 Å². The Bertz CT molecular complexity index is 1670. The number of nitrogens with one attached hydrogen (secondary N) is 1. The lowest BCUT2D eigenvalue weighted by Crippen LogP contribution is -2.39. The molecule has 4 rings (SSSR count). The fraction of sp³-hybridized carbons (Fsp3) is 0.111. The van der Waals surface area contributed by atoms with Crippen LogP contribution in [0.1, 0.15) is 17.0 Å². The summed E-state index contributed by atoms with van der Waals surface area (Å²) >= 11 is 24.7. The molecule has 1 aromatic heterocycles. The van der Waals surface area contributed by atoms with Crippen molar-refractivity contribution in [1.29, 1.82) is 0 Å². The molecule has 0 saturated heterocycles. The van der Waals surface area contributed by atoms with Gasteiger partial charge in [0.05, 0.1) is 32.5 Å². The van der Waals surface area contributed by atoms with Gasteiger partial charge in [-0.25, -0.2) is 13.8 Å². The Morgan fingerprint density at radius 3 is 2.21 bits per heavy atom. The zero-order valence-corrected chi connectivity index (χ0v) is 24.5. The number of hydrogen-bond donors (Lipinski definition) is 1. The molecule has 7 nitrogen and oxygen atoms in total. The third-order valence-electron chi connectivity index (χ3n) is 5.81. The topological polar surface area (TPSA) is 83.8 Å². The Hall–Kier alpha value is -3.01. The summed E-state index contributed by atoms with van der Waals surface area (Å²) in [5.41, 5.74) is 5.71. The van der Waals surface area contributed by atoms with E-state index in [0.717, 1.165) is 26.9 Å². The molecule has 202 valence electrons. The first-order chi connectivity index (χ1) is 18.5. The minimum atomic E-state index is -4.14. The van der Waals surface area contributed by atoms with Gasteiger partial charge in [0, 0.05) is 27.0 Å². The molecule has 0 aliphatic heterocycles. The van der Waals surface area contributed by atoms with Crippen molar-refractivity contribution in [1.82, 2.24) is 9.99 Å². The number of halogens is 4. The summed E-state index contributed by atoms with van der Waals surface area (Å²) in [6.45, 7) is 3.23. The molecule has 3 aromatic carbocycles. The van der Waals surface area contributed by atoms with Gasteiger partial charge in [-0.05, 0) is 68.4 Å². The molecule has 0 radical (unpaired) electrons. The monoisotopic (exact) mass is 622 g/mol. The lowest BCUT2D eigenvalue weighted by molar-refractivity contribution is -0.119. The fourth-order valence-electron chi connectivity index (χ4n) is 3.99. The smallest absolute Gasteiger partial charge is 0.264 e. The van der Waals surface area contributed by atoms with E-state index in [-0.39, 0.29) is 15.6 Å². The van der Waals surface area contributed by atoms with E-state index >= 15 is 0 Å². The second kappa shape index (κ2) is 12.0. The maximum absolute atomic E-state index is 13.5. The molecule has 0 spiro atoms. The Kier molecular flexibility index (Phi) is 8.93. The summed E-state index contributed by atoms with van der Waals surface area (Å²) in [6.07, 6.45) is 1.48. The second-order valence-corrected chi connectivity index (χ2v) is 12.0. The van der Waals surface area contributed by atoms with E-state index in [9.17, 15) is 13.2 Å². The summed E-state index contributed by atoms with van der Waals surface area (Å²) in [6, 6.07) is 19.2. The highest BCUT2D eigenvalue weighted by Gasteiger charge is 2.28. The van der Waals surface area contributed by atoms with Crippen LogP contribution in [0.25, 0.3) is 5.69 Å². The standard InChI is InChI=1S/C27H22Cl4N4O3S/c1-17-12-19(18(2)35(17)26-11-9-21(29)14-24(26)31)15-32-33-27(36)16-34(25-10-8-20(28)13-23(25)30)39(37,38)22-6-4-3-5-7-22/h3-15H,16H2,1-2H3,(H,33,36)/b32-15+. The van der Waals surface area contributed by atoms with Crippen LogP contribution < -0.4 is 9.73 Å². The highest BCUT2D eigenvalue weighted by molar-refractivity contribution is 7.92. The third-order valence-corrected chi connectivity index (χ3v) is 8.66. The minimum absolute atomic E-state index is 0.000572. The van der Waals surface area contributed by atoms with E-state index in [1.165, 1.54) is 36.5 Å². The number of nitrogens with zero attached hydrogens (tertiary/aromatic N) is 3. The first-order valence-electron chi connectivity index (χ1n) is 11.5. The van der Waals surface area contributed by atoms with Crippen molar-refractivity contribution in [2.45, 2.75) is 18.7 Å². The van der Waals surface area contributed by atoms with Crippen LogP contribution in [0.2, 0.25) is 20.1 Å². The van der Waals surface area contributed by atoms with E-state index in [1.54, 1.807) is 30.3 Å². The number of carbonyl (C=O) groups excluding carboxylic acids is 1. The van der Waals surface area contributed by atoms with E-state index < -0.39 is 22.5 Å². The van der Waals surface area contributed by atoms with Crippen LogP contribution in [0, 0.1) is 13.8 Å². The van der Waals surface area contributed by atoms with Crippen molar-refractivity contribution < 1.29 is 13.2 Å². The predicted molar refractivity (Wildman–Crippen MR) is 158 cm³/mol.